The van der Waals surface area contributed by atoms with Gasteiger partial charge < -0.3 is 9.47 Å². The SMILES string of the molecule is CC(C)CCC[C@@H](C)[C@H]1CC[C@@H]2[C@@H]1CC[C@H]1[C@H]2CC=C2C[C@@H](OC(=O)O/C(F)=C/c3ccccc3)CC[C@@H]21. The molecule has 3 fully saturated rings. The zero-order valence-corrected chi connectivity index (χ0v) is 23.6. The van der Waals surface area contributed by atoms with E-state index >= 15 is 0 Å². The molecule has 0 spiro atoms. The molecular formula is C34H47FO3. The molecule has 1 aromatic carbocycles. The van der Waals surface area contributed by atoms with Gasteiger partial charge in [0.2, 0.25) is 0 Å². The molecule has 3 nitrogen and oxygen atoms in total. The van der Waals surface area contributed by atoms with E-state index in [1.807, 2.05) is 18.2 Å². The van der Waals surface area contributed by atoms with Crippen LogP contribution >= 0.6 is 0 Å². The van der Waals surface area contributed by atoms with Gasteiger partial charge in [-0.05, 0) is 97.9 Å². The van der Waals surface area contributed by atoms with Gasteiger partial charge in [-0.25, -0.2) is 4.79 Å². The van der Waals surface area contributed by atoms with Gasteiger partial charge in [0, 0.05) is 12.5 Å². The standard InChI is InChI=1S/C34H47FO3/c1-22(2)8-7-9-23(3)27-16-17-32-29(27)18-19-30-28-15-13-26(21-25(28)12-14-31(30)32)37-34(36)38-33(35)20-24-10-5-4-6-11-24/h4-6,10-12,20,22-23,26-32H,7-9,13-19,21H2,1-3H3/b33-20+/t23-,26+,27-,28+,29-,30-,31-,32-/m1/s1. The molecular weight excluding hydrogens is 475 g/mol. The Kier molecular flexibility index (Phi) is 8.95. The van der Waals surface area contributed by atoms with Crippen LogP contribution in [0.25, 0.3) is 6.08 Å². The highest BCUT2D eigenvalue weighted by molar-refractivity contribution is 5.63. The summed E-state index contributed by atoms with van der Waals surface area (Å²) in [5.74, 6) is 6.75. The van der Waals surface area contributed by atoms with Crippen LogP contribution < -0.4 is 0 Å². The molecule has 0 saturated heterocycles. The summed E-state index contributed by atoms with van der Waals surface area (Å²) < 4.78 is 24.5. The van der Waals surface area contributed by atoms with Crippen molar-refractivity contribution < 1.29 is 18.7 Å². The lowest BCUT2D eigenvalue weighted by molar-refractivity contribution is 0.00146. The third-order valence-electron chi connectivity index (χ3n) is 10.5. The number of fused-ring (bicyclic) bond motifs is 5. The third kappa shape index (κ3) is 6.37. The minimum absolute atomic E-state index is 0.218. The number of carbonyl (C=O) groups excluding carboxylic acids is 1. The van der Waals surface area contributed by atoms with Crippen LogP contribution in [0.2, 0.25) is 0 Å². The van der Waals surface area contributed by atoms with Crippen LogP contribution in [0.4, 0.5) is 9.18 Å². The number of allylic oxidation sites excluding steroid dienone is 1. The van der Waals surface area contributed by atoms with Crippen molar-refractivity contribution in [3.63, 3.8) is 0 Å². The van der Waals surface area contributed by atoms with E-state index in [1.165, 1.54) is 63.0 Å². The first-order valence-electron chi connectivity index (χ1n) is 15.4. The average molecular weight is 523 g/mol. The lowest BCUT2D eigenvalue weighted by atomic mass is 9.56. The fourth-order valence-electron chi connectivity index (χ4n) is 8.75. The van der Waals surface area contributed by atoms with Gasteiger partial charge in [0.05, 0.1) is 0 Å². The number of benzene rings is 1. The Labute approximate surface area is 229 Å². The smallest absolute Gasteiger partial charge is 0.430 e. The molecule has 0 radical (unpaired) electrons. The van der Waals surface area contributed by atoms with Crippen LogP contribution in [0.5, 0.6) is 0 Å². The minimum Gasteiger partial charge on any atom is -0.430 e. The molecule has 0 heterocycles. The number of halogens is 1. The largest absolute Gasteiger partial charge is 0.516 e. The van der Waals surface area contributed by atoms with Crippen LogP contribution in [0.1, 0.15) is 97.0 Å². The molecule has 8 atom stereocenters. The van der Waals surface area contributed by atoms with Gasteiger partial charge in [0.1, 0.15) is 6.10 Å². The normalized spacial score (nSPS) is 33.6. The number of ether oxygens (including phenoxy) is 2. The molecule has 38 heavy (non-hydrogen) atoms. The molecule has 0 aliphatic heterocycles. The zero-order chi connectivity index (χ0) is 26.6. The predicted octanol–water partition coefficient (Wildman–Crippen LogP) is 9.74. The van der Waals surface area contributed by atoms with Crippen molar-refractivity contribution in [1.29, 1.82) is 0 Å². The van der Waals surface area contributed by atoms with E-state index in [0.29, 0.717) is 11.5 Å². The summed E-state index contributed by atoms with van der Waals surface area (Å²) in [4.78, 5) is 12.3. The lowest BCUT2D eigenvalue weighted by Gasteiger charge is -2.50. The molecule has 4 aliphatic carbocycles. The summed E-state index contributed by atoms with van der Waals surface area (Å²) in [6, 6.07) is 8.06. The number of rotatable bonds is 8. The maximum atomic E-state index is 14.2. The van der Waals surface area contributed by atoms with E-state index < -0.39 is 12.2 Å². The van der Waals surface area contributed by atoms with Crippen LogP contribution in [-0.2, 0) is 9.47 Å². The monoisotopic (exact) mass is 522 g/mol. The van der Waals surface area contributed by atoms with Crippen molar-refractivity contribution in [3.05, 3.63) is 53.6 Å². The Balaban J connectivity index is 1.13. The van der Waals surface area contributed by atoms with Gasteiger partial charge in [-0.3, -0.25) is 0 Å². The van der Waals surface area contributed by atoms with Gasteiger partial charge in [-0.1, -0.05) is 82.0 Å². The quantitative estimate of drug-likeness (QED) is 0.194. The first kappa shape index (κ1) is 27.5. The molecule has 5 rings (SSSR count). The Hall–Kier alpha value is -2.10. The summed E-state index contributed by atoms with van der Waals surface area (Å²) in [6.45, 7) is 7.23. The topological polar surface area (TPSA) is 35.5 Å². The fourth-order valence-corrected chi connectivity index (χ4v) is 8.75. The molecule has 4 aliphatic rings. The Morgan fingerprint density at radius 3 is 2.50 bits per heavy atom. The maximum Gasteiger partial charge on any atom is 0.516 e. The first-order valence-corrected chi connectivity index (χ1v) is 15.4. The van der Waals surface area contributed by atoms with Crippen LogP contribution in [-0.4, -0.2) is 12.3 Å². The van der Waals surface area contributed by atoms with Gasteiger partial charge in [0.15, 0.2) is 0 Å². The highest BCUT2D eigenvalue weighted by Gasteiger charge is 2.50. The summed E-state index contributed by atoms with van der Waals surface area (Å²) in [5.41, 5.74) is 2.12. The van der Waals surface area contributed by atoms with Gasteiger partial charge in [0.25, 0.3) is 6.01 Å². The summed E-state index contributed by atoms with van der Waals surface area (Å²) >= 11 is 0. The van der Waals surface area contributed by atoms with E-state index in [2.05, 4.69) is 26.8 Å². The highest BCUT2D eigenvalue weighted by Crippen LogP contribution is 2.59. The van der Waals surface area contributed by atoms with E-state index in [-0.39, 0.29) is 6.10 Å². The third-order valence-corrected chi connectivity index (χ3v) is 10.5. The second-order valence-corrected chi connectivity index (χ2v) is 13.1. The van der Waals surface area contributed by atoms with Gasteiger partial charge in [-0.2, -0.15) is 4.39 Å². The first-order chi connectivity index (χ1) is 18.4. The van der Waals surface area contributed by atoms with E-state index in [4.69, 9.17) is 9.47 Å². The van der Waals surface area contributed by atoms with Crippen molar-refractivity contribution in [2.75, 3.05) is 0 Å². The molecule has 0 bridgehead atoms. The predicted molar refractivity (Wildman–Crippen MR) is 151 cm³/mol. The van der Waals surface area contributed by atoms with Crippen molar-refractivity contribution in [3.8, 4) is 0 Å². The highest BCUT2D eigenvalue weighted by atomic mass is 19.1. The average Bonchev–Trinajstić information content (AvgIpc) is 3.33. The molecule has 0 aromatic heterocycles. The molecule has 0 unspecified atom stereocenters. The molecule has 1 aromatic rings. The van der Waals surface area contributed by atoms with Crippen LogP contribution in [0.3, 0.4) is 0 Å². The summed E-state index contributed by atoms with van der Waals surface area (Å²) in [7, 11) is 0. The van der Waals surface area contributed by atoms with Crippen LogP contribution in [0, 0.1) is 47.3 Å². The van der Waals surface area contributed by atoms with Crippen molar-refractivity contribution in [2.45, 2.75) is 97.5 Å². The Morgan fingerprint density at radius 1 is 0.947 bits per heavy atom. The molecule has 0 amide bonds. The van der Waals surface area contributed by atoms with E-state index in [0.717, 1.165) is 60.7 Å². The second kappa shape index (κ2) is 12.4. The fraction of sp³-hybridized carbons (Fsp3) is 0.676. The molecule has 3 saturated carbocycles. The van der Waals surface area contributed by atoms with E-state index in [1.54, 1.807) is 12.1 Å². The minimum atomic E-state index is -0.938. The number of hydrogen-bond donors (Lipinski definition) is 0. The molecule has 208 valence electrons. The summed E-state index contributed by atoms with van der Waals surface area (Å²) in [6.07, 6.45) is 16.2. The number of carbonyl (C=O) groups is 1. The zero-order valence-electron chi connectivity index (χ0n) is 23.6. The van der Waals surface area contributed by atoms with Crippen molar-refractivity contribution >= 4 is 12.2 Å². The maximum absolute atomic E-state index is 14.2. The Bertz CT molecular complexity index is 998. The molecule has 0 N–H and O–H groups in total. The second-order valence-electron chi connectivity index (χ2n) is 13.1. The summed E-state index contributed by atoms with van der Waals surface area (Å²) in [5, 5.41) is 0. The van der Waals surface area contributed by atoms with E-state index in [9.17, 15) is 9.18 Å². The lowest BCUT2D eigenvalue weighted by Crippen LogP contribution is -2.42. The van der Waals surface area contributed by atoms with Crippen molar-refractivity contribution in [2.24, 2.45) is 47.3 Å². The number of hydrogen-bond acceptors (Lipinski definition) is 3. The van der Waals surface area contributed by atoms with Crippen molar-refractivity contribution in [1.82, 2.24) is 0 Å². The van der Waals surface area contributed by atoms with Crippen LogP contribution in [0.15, 0.2) is 48.0 Å². The van der Waals surface area contributed by atoms with Gasteiger partial charge in [-0.15, -0.1) is 0 Å². The van der Waals surface area contributed by atoms with Gasteiger partial charge >= 0.3 is 6.16 Å². The molecule has 4 heteroatoms. The Morgan fingerprint density at radius 2 is 1.71 bits per heavy atom.